The number of nitrogens with zero attached hydrogens (tertiary/aromatic N) is 2. The monoisotopic (exact) mass is 376 g/mol. The number of hydrogen-bond donors (Lipinski definition) is 2. The van der Waals surface area contributed by atoms with E-state index in [2.05, 4.69) is 10.6 Å². The van der Waals surface area contributed by atoms with Gasteiger partial charge in [0.05, 0.1) is 11.4 Å². The van der Waals surface area contributed by atoms with Crippen molar-refractivity contribution in [1.29, 1.82) is 0 Å². The predicted octanol–water partition coefficient (Wildman–Crippen LogP) is 2.43. The van der Waals surface area contributed by atoms with Crippen molar-refractivity contribution in [2.75, 3.05) is 30.3 Å². The van der Waals surface area contributed by atoms with Crippen LogP contribution < -0.4 is 10.6 Å². The number of anilines is 2. The fraction of sp³-hybridized carbons (Fsp3) is 0.526. The highest BCUT2D eigenvalue weighted by Gasteiger charge is 2.35. The molecule has 0 saturated carbocycles. The first-order chi connectivity index (χ1) is 12.8. The number of amides is 4. The molecule has 2 N–H and O–H groups in total. The maximum absolute atomic E-state index is 13.9. The molecule has 27 heavy (non-hydrogen) atoms. The van der Waals surface area contributed by atoms with Crippen molar-refractivity contribution in [2.24, 2.45) is 5.92 Å². The minimum absolute atomic E-state index is 0.0975. The van der Waals surface area contributed by atoms with Gasteiger partial charge in [-0.25, -0.2) is 9.18 Å². The molecule has 0 aromatic heterocycles. The Kier molecular flexibility index (Phi) is 5.34. The van der Waals surface area contributed by atoms with Gasteiger partial charge in [-0.05, 0) is 37.0 Å². The first kappa shape index (κ1) is 19.1. The lowest BCUT2D eigenvalue weighted by Gasteiger charge is -2.39. The number of halogens is 1. The van der Waals surface area contributed by atoms with E-state index in [9.17, 15) is 18.8 Å². The van der Waals surface area contributed by atoms with Crippen LogP contribution in [0.3, 0.4) is 0 Å². The summed E-state index contributed by atoms with van der Waals surface area (Å²) in [6.07, 6.45) is 0.706. The molecule has 1 fully saturated rings. The van der Waals surface area contributed by atoms with Gasteiger partial charge in [0.2, 0.25) is 11.8 Å². The van der Waals surface area contributed by atoms with Gasteiger partial charge in [-0.1, -0.05) is 13.8 Å². The van der Waals surface area contributed by atoms with E-state index in [4.69, 9.17) is 0 Å². The van der Waals surface area contributed by atoms with Crippen molar-refractivity contribution in [3.63, 3.8) is 0 Å². The Labute approximate surface area is 157 Å². The zero-order chi connectivity index (χ0) is 19.7. The van der Waals surface area contributed by atoms with Crippen molar-refractivity contribution in [3.05, 3.63) is 23.5 Å². The number of benzene rings is 1. The van der Waals surface area contributed by atoms with E-state index in [1.54, 1.807) is 11.8 Å². The van der Waals surface area contributed by atoms with E-state index in [1.807, 2.05) is 13.8 Å². The van der Waals surface area contributed by atoms with Gasteiger partial charge in [-0.15, -0.1) is 0 Å². The Balaban J connectivity index is 1.76. The number of rotatable bonds is 3. The molecule has 7 nitrogen and oxygen atoms in total. The highest BCUT2D eigenvalue weighted by molar-refractivity contribution is 6.02. The van der Waals surface area contributed by atoms with E-state index < -0.39 is 17.9 Å². The quantitative estimate of drug-likeness (QED) is 0.850. The first-order valence-electron chi connectivity index (χ1n) is 9.25. The van der Waals surface area contributed by atoms with Crippen LogP contribution in [0, 0.1) is 11.7 Å². The molecule has 0 aliphatic carbocycles. The maximum Gasteiger partial charge on any atom is 0.322 e. The highest BCUT2D eigenvalue weighted by Crippen LogP contribution is 2.32. The number of aryl methyl sites for hydroxylation is 1. The van der Waals surface area contributed by atoms with Crippen molar-refractivity contribution in [1.82, 2.24) is 9.80 Å². The Morgan fingerprint density at radius 2 is 2.04 bits per heavy atom. The largest absolute Gasteiger partial charge is 0.339 e. The second-order valence-corrected chi connectivity index (χ2v) is 7.51. The van der Waals surface area contributed by atoms with E-state index in [0.29, 0.717) is 43.2 Å². The SMILES string of the molecule is CC(C)CN1CCN(C(=O)Nc2cc(F)cc3c2NC(=O)CC3)[C@H](C)C1=O. The zero-order valence-electron chi connectivity index (χ0n) is 15.8. The number of carbonyl (C=O) groups excluding carboxylic acids is 3. The van der Waals surface area contributed by atoms with Gasteiger partial charge in [0.25, 0.3) is 0 Å². The number of hydrogen-bond acceptors (Lipinski definition) is 3. The molecule has 1 aromatic carbocycles. The van der Waals surface area contributed by atoms with E-state index >= 15 is 0 Å². The Morgan fingerprint density at radius 1 is 1.30 bits per heavy atom. The third-order valence-corrected chi connectivity index (χ3v) is 4.91. The topological polar surface area (TPSA) is 81.8 Å². The molecule has 2 aliphatic heterocycles. The van der Waals surface area contributed by atoms with Gasteiger partial charge in [-0.3, -0.25) is 9.59 Å². The van der Waals surface area contributed by atoms with Crippen LogP contribution in [0.1, 0.15) is 32.8 Å². The molecule has 4 amide bonds. The van der Waals surface area contributed by atoms with E-state index in [0.717, 1.165) is 0 Å². The fourth-order valence-corrected chi connectivity index (χ4v) is 3.57. The zero-order valence-corrected chi connectivity index (χ0v) is 15.8. The third kappa shape index (κ3) is 4.04. The molecule has 8 heteroatoms. The summed E-state index contributed by atoms with van der Waals surface area (Å²) in [4.78, 5) is 40.2. The lowest BCUT2D eigenvalue weighted by atomic mass is 10.0. The van der Waals surface area contributed by atoms with Gasteiger partial charge < -0.3 is 20.4 Å². The lowest BCUT2D eigenvalue weighted by molar-refractivity contribution is -0.139. The second-order valence-electron chi connectivity index (χ2n) is 7.51. The van der Waals surface area contributed by atoms with Crippen LogP contribution in [0.4, 0.5) is 20.6 Å². The summed E-state index contributed by atoms with van der Waals surface area (Å²) in [5, 5.41) is 5.37. The van der Waals surface area contributed by atoms with Crippen molar-refractivity contribution >= 4 is 29.2 Å². The van der Waals surface area contributed by atoms with Crippen LogP contribution in [0.25, 0.3) is 0 Å². The molecule has 0 radical (unpaired) electrons. The molecular formula is C19H25FN4O3. The van der Waals surface area contributed by atoms with Crippen molar-refractivity contribution in [3.8, 4) is 0 Å². The molecular weight excluding hydrogens is 351 g/mol. The van der Waals surface area contributed by atoms with Crippen LogP contribution >= 0.6 is 0 Å². The minimum atomic E-state index is -0.600. The van der Waals surface area contributed by atoms with Crippen LogP contribution in [0.5, 0.6) is 0 Å². The summed E-state index contributed by atoms with van der Waals surface area (Å²) < 4.78 is 13.9. The minimum Gasteiger partial charge on any atom is -0.339 e. The smallest absolute Gasteiger partial charge is 0.322 e. The number of fused-ring (bicyclic) bond motifs is 1. The molecule has 1 atom stereocenters. The molecule has 0 bridgehead atoms. The summed E-state index contributed by atoms with van der Waals surface area (Å²) in [6.45, 7) is 7.29. The van der Waals surface area contributed by atoms with Gasteiger partial charge in [0.1, 0.15) is 11.9 Å². The van der Waals surface area contributed by atoms with Crippen LogP contribution in [-0.2, 0) is 16.0 Å². The third-order valence-electron chi connectivity index (χ3n) is 4.91. The van der Waals surface area contributed by atoms with Crippen LogP contribution in [0.15, 0.2) is 12.1 Å². The molecule has 2 aliphatic rings. The Morgan fingerprint density at radius 3 is 2.74 bits per heavy atom. The van der Waals surface area contributed by atoms with Gasteiger partial charge in [-0.2, -0.15) is 0 Å². The number of nitrogens with one attached hydrogen (secondary N) is 2. The molecule has 1 aromatic rings. The summed E-state index contributed by atoms with van der Waals surface area (Å²) in [5.41, 5.74) is 1.29. The molecule has 0 unspecified atom stereocenters. The van der Waals surface area contributed by atoms with Gasteiger partial charge >= 0.3 is 6.03 Å². The van der Waals surface area contributed by atoms with Crippen LogP contribution in [0.2, 0.25) is 0 Å². The van der Waals surface area contributed by atoms with E-state index in [1.165, 1.54) is 17.0 Å². The summed E-state index contributed by atoms with van der Waals surface area (Å²) in [7, 11) is 0. The number of piperazine rings is 1. The van der Waals surface area contributed by atoms with Gasteiger partial charge in [0, 0.05) is 26.1 Å². The van der Waals surface area contributed by atoms with E-state index in [-0.39, 0.29) is 23.9 Å². The predicted molar refractivity (Wildman–Crippen MR) is 100.0 cm³/mol. The average molecular weight is 376 g/mol. The number of carbonyl (C=O) groups is 3. The fourth-order valence-electron chi connectivity index (χ4n) is 3.57. The molecule has 146 valence electrons. The molecule has 3 rings (SSSR count). The highest BCUT2D eigenvalue weighted by atomic mass is 19.1. The summed E-state index contributed by atoms with van der Waals surface area (Å²) in [5.74, 6) is -0.398. The second kappa shape index (κ2) is 7.54. The first-order valence-corrected chi connectivity index (χ1v) is 9.25. The molecule has 0 spiro atoms. The summed E-state index contributed by atoms with van der Waals surface area (Å²) in [6, 6.07) is 1.47. The lowest BCUT2D eigenvalue weighted by Crippen LogP contribution is -2.59. The van der Waals surface area contributed by atoms with Gasteiger partial charge in [0.15, 0.2) is 0 Å². The molecule has 1 saturated heterocycles. The molecule has 2 heterocycles. The Bertz CT molecular complexity index is 780. The summed E-state index contributed by atoms with van der Waals surface area (Å²) >= 11 is 0. The maximum atomic E-state index is 13.9. The average Bonchev–Trinajstić information content (AvgIpc) is 2.59. The van der Waals surface area contributed by atoms with Crippen LogP contribution in [-0.4, -0.2) is 53.3 Å². The van der Waals surface area contributed by atoms with Crippen molar-refractivity contribution < 1.29 is 18.8 Å². The number of urea groups is 1. The van der Waals surface area contributed by atoms with Crippen molar-refractivity contribution in [2.45, 2.75) is 39.7 Å². The normalized spacial score (nSPS) is 19.8. The Hall–Kier alpha value is -2.64. The standard InChI is InChI=1S/C19H25FN4O3/c1-11(2)10-23-6-7-24(12(3)18(23)26)19(27)21-15-9-14(20)8-13-4-5-16(25)22-17(13)15/h8-9,11-12H,4-7,10H2,1-3H3,(H,21,27)(H,22,25)/t12-/m1/s1.